The lowest BCUT2D eigenvalue weighted by atomic mass is 10.0. The van der Waals surface area contributed by atoms with E-state index >= 15 is 0 Å². The molecule has 1 aromatic heterocycles. The van der Waals surface area contributed by atoms with Crippen molar-refractivity contribution in [2.24, 2.45) is 0 Å². The molecule has 0 saturated heterocycles. The van der Waals surface area contributed by atoms with E-state index in [-0.39, 0.29) is 0 Å². The Balaban J connectivity index is 2.11. The zero-order valence-electron chi connectivity index (χ0n) is 9.23. The summed E-state index contributed by atoms with van der Waals surface area (Å²) in [5, 5.41) is 0. The number of benzene rings is 1. The summed E-state index contributed by atoms with van der Waals surface area (Å²) in [6, 6.07) is 12.7. The second kappa shape index (κ2) is 5.26. The van der Waals surface area contributed by atoms with Crippen LogP contribution < -0.4 is 0 Å². The zero-order chi connectivity index (χ0) is 11.4. The first-order valence-corrected chi connectivity index (χ1v) is 6.27. The molecule has 2 heteroatoms. The Morgan fingerprint density at radius 3 is 2.62 bits per heavy atom. The van der Waals surface area contributed by atoms with Crippen molar-refractivity contribution in [2.45, 2.75) is 18.2 Å². The Bertz CT molecular complexity index is 453. The summed E-state index contributed by atoms with van der Waals surface area (Å²) in [6.07, 6.45) is 4.67. The van der Waals surface area contributed by atoms with Crippen LogP contribution in [0.15, 0.2) is 48.8 Å². The van der Waals surface area contributed by atoms with E-state index in [0.717, 1.165) is 6.42 Å². The highest BCUT2D eigenvalue weighted by Gasteiger charge is 2.07. The highest BCUT2D eigenvalue weighted by molar-refractivity contribution is 9.09. The van der Waals surface area contributed by atoms with Gasteiger partial charge in [-0.3, -0.25) is 4.98 Å². The van der Waals surface area contributed by atoms with Crippen molar-refractivity contribution >= 4 is 15.9 Å². The van der Waals surface area contributed by atoms with Crippen molar-refractivity contribution in [3.63, 3.8) is 0 Å². The number of nitrogens with zero attached hydrogens (tertiary/aromatic N) is 1. The minimum Gasteiger partial charge on any atom is -0.265 e. The average molecular weight is 276 g/mol. The van der Waals surface area contributed by atoms with Gasteiger partial charge in [0.1, 0.15) is 0 Å². The van der Waals surface area contributed by atoms with Crippen molar-refractivity contribution in [1.29, 1.82) is 0 Å². The van der Waals surface area contributed by atoms with E-state index in [0.29, 0.717) is 4.83 Å². The number of rotatable bonds is 3. The molecular formula is C14H14BrN. The molecule has 1 nitrogen and oxygen atoms in total. The highest BCUT2D eigenvalue weighted by atomic mass is 79.9. The molecule has 2 rings (SSSR count). The molecule has 1 heterocycles. The van der Waals surface area contributed by atoms with Gasteiger partial charge in [-0.1, -0.05) is 45.8 Å². The minimum absolute atomic E-state index is 0.359. The maximum Gasteiger partial charge on any atom is 0.0436 e. The zero-order valence-corrected chi connectivity index (χ0v) is 10.8. The SMILES string of the molecule is Cc1cccc(CC(Br)c2ccncc2)c1. The number of hydrogen-bond acceptors (Lipinski definition) is 1. The monoisotopic (exact) mass is 275 g/mol. The quantitative estimate of drug-likeness (QED) is 0.770. The summed E-state index contributed by atoms with van der Waals surface area (Å²) in [6.45, 7) is 2.12. The van der Waals surface area contributed by atoms with Crippen molar-refractivity contribution in [3.8, 4) is 0 Å². The maximum atomic E-state index is 4.03. The Hall–Kier alpha value is -1.15. The maximum absolute atomic E-state index is 4.03. The van der Waals surface area contributed by atoms with Crippen molar-refractivity contribution in [1.82, 2.24) is 4.98 Å². The van der Waals surface area contributed by atoms with E-state index in [1.807, 2.05) is 12.4 Å². The highest BCUT2D eigenvalue weighted by Crippen LogP contribution is 2.26. The molecule has 0 saturated carbocycles. The van der Waals surface area contributed by atoms with Gasteiger partial charge in [-0.25, -0.2) is 0 Å². The van der Waals surface area contributed by atoms with Crippen molar-refractivity contribution < 1.29 is 0 Å². The van der Waals surface area contributed by atoms with Crippen molar-refractivity contribution in [3.05, 3.63) is 65.5 Å². The van der Waals surface area contributed by atoms with E-state index in [2.05, 4.69) is 64.2 Å². The third-order valence-corrected chi connectivity index (χ3v) is 3.42. The third kappa shape index (κ3) is 2.92. The summed E-state index contributed by atoms with van der Waals surface area (Å²) in [5.74, 6) is 0. The third-order valence-electron chi connectivity index (χ3n) is 2.57. The molecule has 0 radical (unpaired) electrons. The summed E-state index contributed by atoms with van der Waals surface area (Å²) in [7, 11) is 0. The van der Waals surface area contributed by atoms with Crippen LogP contribution in [0, 0.1) is 6.92 Å². The topological polar surface area (TPSA) is 12.9 Å². The van der Waals surface area contributed by atoms with Gasteiger partial charge in [-0.15, -0.1) is 0 Å². The van der Waals surface area contributed by atoms with Gasteiger partial charge in [0, 0.05) is 17.2 Å². The number of halogens is 1. The van der Waals surface area contributed by atoms with Crippen LogP contribution in [-0.4, -0.2) is 4.98 Å². The molecule has 0 fully saturated rings. The fourth-order valence-electron chi connectivity index (χ4n) is 1.74. The van der Waals surface area contributed by atoms with Gasteiger partial charge in [-0.2, -0.15) is 0 Å². The Kier molecular flexibility index (Phi) is 3.73. The number of aryl methyl sites for hydroxylation is 1. The molecule has 0 bridgehead atoms. The Morgan fingerprint density at radius 1 is 1.19 bits per heavy atom. The molecular weight excluding hydrogens is 262 g/mol. The molecule has 0 spiro atoms. The predicted octanol–water partition coefficient (Wildman–Crippen LogP) is 4.07. The largest absolute Gasteiger partial charge is 0.265 e. The van der Waals surface area contributed by atoms with Gasteiger partial charge >= 0.3 is 0 Å². The second-order valence-corrected chi connectivity index (χ2v) is 5.05. The van der Waals surface area contributed by atoms with Crippen molar-refractivity contribution in [2.75, 3.05) is 0 Å². The fourth-order valence-corrected chi connectivity index (χ4v) is 2.42. The van der Waals surface area contributed by atoms with Crippen LogP contribution in [0.25, 0.3) is 0 Å². The molecule has 1 unspecified atom stereocenters. The van der Waals surface area contributed by atoms with Crippen LogP contribution in [0.1, 0.15) is 21.5 Å². The second-order valence-electron chi connectivity index (χ2n) is 3.94. The summed E-state index contributed by atoms with van der Waals surface area (Å²) < 4.78 is 0. The minimum atomic E-state index is 0.359. The summed E-state index contributed by atoms with van der Waals surface area (Å²) in [4.78, 5) is 4.39. The molecule has 0 aliphatic heterocycles. The van der Waals surface area contributed by atoms with E-state index in [9.17, 15) is 0 Å². The molecule has 16 heavy (non-hydrogen) atoms. The van der Waals surface area contributed by atoms with Crippen LogP contribution in [0.2, 0.25) is 0 Å². The predicted molar refractivity (Wildman–Crippen MR) is 70.8 cm³/mol. The van der Waals surface area contributed by atoms with Crippen LogP contribution in [-0.2, 0) is 6.42 Å². The van der Waals surface area contributed by atoms with E-state index in [4.69, 9.17) is 0 Å². The average Bonchev–Trinajstić information content (AvgIpc) is 2.30. The Morgan fingerprint density at radius 2 is 1.94 bits per heavy atom. The fraction of sp³-hybridized carbons (Fsp3) is 0.214. The first-order chi connectivity index (χ1) is 7.75. The lowest BCUT2D eigenvalue weighted by molar-refractivity contribution is 0.942. The van der Waals surface area contributed by atoms with Gasteiger partial charge in [0.2, 0.25) is 0 Å². The number of hydrogen-bond donors (Lipinski definition) is 0. The van der Waals surface area contributed by atoms with E-state index in [1.165, 1.54) is 16.7 Å². The van der Waals surface area contributed by atoms with Crippen LogP contribution >= 0.6 is 15.9 Å². The first-order valence-electron chi connectivity index (χ1n) is 5.35. The number of pyridine rings is 1. The lowest BCUT2D eigenvalue weighted by Crippen LogP contribution is -1.95. The van der Waals surface area contributed by atoms with Crippen LogP contribution in [0.3, 0.4) is 0 Å². The first kappa shape index (κ1) is 11.3. The van der Waals surface area contributed by atoms with E-state index in [1.54, 1.807) is 0 Å². The number of alkyl halides is 1. The molecule has 1 aromatic carbocycles. The summed E-state index contributed by atoms with van der Waals surface area (Å²) >= 11 is 3.72. The molecule has 0 amide bonds. The standard InChI is InChI=1S/C14H14BrN/c1-11-3-2-4-12(9-11)10-14(15)13-5-7-16-8-6-13/h2-9,14H,10H2,1H3. The number of aromatic nitrogens is 1. The normalized spacial score (nSPS) is 12.4. The van der Waals surface area contributed by atoms with Gasteiger partial charge < -0.3 is 0 Å². The van der Waals surface area contributed by atoms with Crippen LogP contribution in [0.5, 0.6) is 0 Å². The molecule has 82 valence electrons. The van der Waals surface area contributed by atoms with Gasteiger partial charge in [-0.05, 0) is 36.6 Å². The van der Waals surface area contributed by atoms with Gasteiger partial charge in [0.15, 0.2) is 0 Å². The lowest BCUT2D eigenvalue weighted by Gasteiger charge is -2.10. The van der Waals surface area contributed by atoms with Crippen LogP contribution in [0.4, 0.5) is 0 Å². The molecule has 0 aliphatic rings. The Labute approximate surface area is 105 Å². The molecule has 2 aromatic rings. The van der Waals surface area contributed by atoms with Gasteiger partial charge in [0.05, 0.1) is 0 Å². The van der Waals surface area contributed by atoms with Gasteiger partial charge in [0.25, 0.3) is 0 Å². The molecule has 0 aliphatic carbocycles. The molecule has 0 N–H and O–H groups in total. The molecule has 1 atom stereocenters. The summed E-state index contributed by atoms with van der Waals surface area (Å²) in [5.41, 5.74) is 3.95. The smallest absolute Gasteiger partial charge is 0.0436 e. The van der Waals surface area contributed by atoms with E-state index < -0.39 is 0 Å².